The third-order valence-corrected chi connectivity index (χ3v) is 10.5. The summed E-state index contributed by atoms with van der Waals surface area (Å²) in [5, 5.41) is 20.3. The number of pyridine rings is 2. The van der Waals surface area contributed by atoms with E-state index in [2.05, 4.69) is 25.9 Å². The molecule has 3 aromatic rings. The summed E-state index contributed by atoms with van der Waals surface area (Å²) in [5.41, 5.74) is 2.96. The molecule has 5 heterocycles. The summed E-state index contributed by atoms with van der Waals surface area (Å²) in [7, 11) is 0. The van der Waals surface area contributed by atoms with E-state index in [1.54, 1.807) is 23.4 Å². The maximum atomic E-state index is 14.3. The highest BCUT2D eigenvalue weighted by Crippen LogP contribution is 2.47. The first-order valence-electron chi connectivity index (χ1n) is 16.3. The molecule has 1 unspecified atom stereocenters. The highest BCUT2D eigenvalue weighted by Gasteiger charge is 2.51. The first kappa shape index (κ1) is 30.5. The van der Waals surface area contributed by atoms with Crippen molar-refractivity contribution in [1.29, 1.82) is 0 Å². The van der Waals surface area contributed by atoms with Gasteiger partial charge in [0, 0.05) is 54.7 Å². The van der Waals surface area contributed by atoms with E-state index in [1.807, 2.05) is 54.3 Å². The van der Waals surface area contributed by atoms with Crippen LogP contribution in [0.3, 0.4) is 0 Å². The van der Waals surface area contributed by atoms with Crippen LogP contribution in [0.5, 0.6) is 0 Å². The van der Waals surface area contributed by atoms with Gasteiger partial charge in [-0.05, 0) is 86.5 Å². The molecular formula is C35H41N7O4. The quantitative estimate of drug-likeness (QED) is 0.315. The Morgan fingerprint density at radius 1 is 1.09 bits per heavy atom. The van der Waals surface area contributed by atoms with Crippen LogP contribution in [0.25, 0.3) is 0 Å². The fourth-order valence-electron chi connectivity index (χ4n) is 7.70. The zero-order chi connectivity index (χ0) is 31.9. The SMILES string of the molecule is CC1(C(=O)N(CC(=O)Nc2ccc3c(c2)C[C@@]2(C3)C(=O)Nc3ncccc32)[C@H]2CCCNC2)CCN(C(O)c2ccccn2)CC1. The highest BCUT2D eigenvalue weighted by molar-refractivity contribution is 6.06. The van der Waals surface area contributed by atoms with E-state index in [0.29, 0.717) is 62.5 Å². The summed E-state index contributed by atoms with van der Waals surface area (Å²) in [5.74, 6) is 0.327. The topological polar surface area (TPSA) is 140 Å². The largest absolute Gasteiger partial charge is 0.372 e. The van der Waals surface area contributed by atoms with Crippen LogP contribution in [-0.4, -0.2) is 81.4 Å². The number of likely N-dealkylation sites (tertiary alicyclic amines) is 1. The third kappa shape index (κ3) is 5.56. The number of nitrogens with one attached hydrogen (secondary N) is 3. The first-order valence-corrected chi connectivity index (χ1v) is 16.3. The highest BCUT2D eigenvalue weighted by atomic mass is 16.3. The molecule has 11 heteroatoms. The average molecular weight is 624 g/mol. The van der Waals surface area contributed by atoms with Gasteiger partial charge in [-0.2, -0.15) is 0 Å². The first-order chi connectivity index (χ1) is 22.3. The van der Waals surface area contributed by atoms with Crippen molar-refractivity contribution in [3.8, 4) is 0 Å². The van der Waals surface area contributed by atoms with Crippen LogP contribution in [0.15, 0.2) is 60.9 Å². The lowest BCUT2D eigenvalue weighted by Gasteiger charge is -2.44. The normalized spacial score (nSPS) is 24.1. The zero-order valence-electron chi connectivity index (χ0n) is 26.2. The summed E-state index contributed by atoms with van der Waals surface area (Å²) < 4.78 is 0. The van der Waals surface area contributed by atoms with Gasteiger partial charge in [0.2, 0.25) is 17.7 Å². The number of hydrogen-bond acceptors (Lipinski definition) is 8. The Kier molecular flexibility index (Phi) is 8.08. The molecular weight excluding hydrogens is 582 g/mol. The number of piperidine rings is 2. The molecule has 3 aliphatic heterocycles. The summed E-state index contributed by atoms with van der Waals surface area (Å²) in [6.07, 6.45) is 6.60. The Labute approximate surface area is 268 Å². The third-order valence-electron chi connectivity index (χ3n) is 10.5. The molecule has 2 aromatic heterocycles. The van der Waals surface area contributed by atoms with Gasteiger partial charge in [0.05, 0.1) is 11.1 Å². The minimum Gasteiger partial charge on any atom is -0.372 e. The van der Waals surface area contributed by atoms with Gasteiger partial charge in [-0.15, -0.1) is 0 Å². The van der Waals surface area contributed by atoms with Crippen molar-refractivity contribution in [2.75, 3.05) is 43.4 Å². The van der Waals surface area contributed by atoms with Crippen LogP contribution in [0, 0.1) is 5.41 Å². The average Bonchev–Trinajstić information content (AvgIpc) is 3.60. The molecule has 4 N–H and O–H groups in total. The van der Waals surface area contributed by atoms with Gasteiger partial charge in [-0.3, -0.25) is 24.3 Å². The Bertz CT molecular complexity index is 1630. The maximum absolute atomic E-state index is 14.3. The maximum Gasteiger partial charge on any atom is 0.244 e. The standard InChI is InChI=1S/C35H41N7O4/c1-34(11-16-41(17-12-34)31(44)28-8-2-3-14-37-28)33(46)42(26-6-4-13-36-21-26)22-29(43)39-25-10-9-23-19-35(20-24(23)18-25)27-7-5-15-38-30(27)40-32(35)45/h2-3,5,7-10,14-15,18,26,31,36,44H,4,6,11-13,16-17,19-22H2,1H3,(H,39,43)(H,38,40,45)/t26-,31?,35+/m0/s1. The molecule has 1 aromatic carbocycles. The van der Waals surface area contributed by atoms with Crippen LogP contribution < -0.4 is 16.0 Å². The zero-order valence-corrected chi connectivity index (χ0v) is 26.2. The fraction of sp³-hybridized carbons (Fsp3) is 0.457. The molecule has 2 fully saturated rings. The van der Waals surface area contributed by atoms with Crippen molar-refractivity contribution >= 4 is 29.2 Å². The second-order valence-corrected chi connectivity index (χ2v) is 13.5. The van der Waals surface area contributed by atoms with Crippen LogP contribution in [0.1, 0.15) is 61.2 Å². The Hall–Kier alpha value is -4.19. The number of nitrogens with zero attached hydrogens (tertiary/aromatic N) is 4. The number of rotatable bonds is 7. The molecule has 1 aliphatic carbocycles. The predicted molar refractivity (Wildman–Crippen MR) is 173 cm³/mol. The van der Waals surface area contributed by atoms with Crippen molar-refractivity contribution < 1.29 is 19.5 Å². The van der Waals surface area contributed by atoms with Gasteiger partial charge in [0.25, 0.3) is 0 Å². The van der Waals surface area contributed by atoms with E-state index in [9.17, 15) is 19.5 Å². The van der Waals surface area contributed by atoms with E-state index >= 15 is 0 Å². The predicted octanol–water partition coefficient (Wildman–Crippen LogP) is 2.78. The van der Waals surface area contributed by atoms with Crippen LogP contribution >= 0.6 is 0 Å². The number of carbonyl (C=O) groups is 3. The van der Waals surface area contributed by atoms with E-state index in [4.69, 9.17) is 0 Å². The van der Waals surface area contributed by atoms with Crippen molar-refractivity contribution in [2.24, 2.45) is 5.41 Å². The molecule has 7 rings (SSSR count). The monoisotopic (exact) mass is 623 g/mol. The Balaban J connectivity index is 1.03. The second-order valence-electron chi connectivity index (χ2n) is 13.5. The van der Waals surface area contributed by atoms with Gasteiger partial charge < -0.3 is 26.0 Å². The van der Waals surface area contributed by atoms with Crippen molar-refractivity contribution in [3.05, 3.63) is 83.3 Å². The number of aromatic nitrogens is 2. The van der Waals surface area contributed by atoms with Gasteiger partial charge in [0.1, 0.15) is 12.4 Å². The van der Waals surface area contributed by atoms with E-state index in [0.717, 1.165) is 36.1 Å². The molecule has 0 saturated carbocycles. The molecule has 4 aliphatic rings. The van der Waals surface area contributed by atoms with Gasteiger partial charge >= 0.3 is 0 Å². The molecule has 46 heavy (non-hydrogen) atoms. The van der Waals surface area contributed by atoms with Crippen molar-refractivity contribution in [2.45, 2.75) is 63.1 Å². The summed E-state index contributed by atoms with van der Waals surface area (Å²) in [4.78, 5) is 53.3. The lowest BCUT2D eigenvalue weighted by atomic mass is 9.78. The molecule has 240 valence electrons. The molecule has 11 nitrogen and oxygen atoms in total. The smallest absolute Gasteiger partial charge is 0.244 e. The fourth-order valence-corrected chi connectivity index (χ4v) is 7.70. The number of benzene rings is 1. The molecule has 1 spiro atoms. The van der Waals surface area contributed by atoms with Crippen LogP contribution in [0.4, 0.5) is 11.5 Å². The number of aliphatic hydroxyl groups excluding tert-OH is 1. The van der Waals surface area contributed by atoms with Crippen molar-refractivity contribution in [3.63, 3.8) is 0 Å². The van der Waals surface area contributed by atoms with Crippen LogP contribution in [0.2, 0.25) is 0 Å². The Morgan fingerprint density at radius 3 is 2.65 bits per heavy atom. The Morgan fingerprint density at radius 2 is 1.89 bits per heavy atom. The molecule has 0 bridgehead atoms. The minimum atomic E-state index is -0.818. The summed E-state index contributed by atoms with van der Waals surface area (Å²) in [6.45, 7) is 4.61. The van der Waals surface area contributed by atoms with Crippen molar-refractivity contribution in [1.82, 2.24) is 25.1 Å². The number of aliphatic hydroxyl groups is 1. The van der Waals surface area contributed by atoms with Gasteiger partial charge in [-0.1, -0.05) is 25.1 Å². The number of fused-ring (bicyclic) bond motifs is 3. The number of amides is 3. The molecule has 2 saturated heterocycles. The summed E-state index contributed by atoms with van der Waals surface area (Å²) >= 11 is 0. The number of anilines is 2. The minimum absolute atomic E-state index is 0.0151. The van der Waals surface area contributed by atoms with E-state index < -0.39 is 17.1 Å². The summed E-state index contributed by atoms with van der Waals surface area (Å²) in [6, 6.07) is 15.1. The molecule has 3 amide bonds. The lowest BCUT2D eigenvalue weighted by molar-refractivity contribution is -0.150. The number of hydrogen-bond donors (Lipinski definition) is 4. The van der Waals surface area contributed by atoms with Gasteiger partial charge in [0.15, 0.2) is 6.23 Å². The van der Waals surface area contributed by atoms with E-state index in [-0.39, 0.29) is 30.3 Å². The van der Waals surface area contributed by atoms with E-state index in [1.165, 1.54) is 0 Å². The second kappa shape index (κ2) is 12.2. The molecule has 0 radical (unpaired) electrons. The lowest BCUT2D eigenvalue weighted by Crippen LogP contribution is -2.57. The number of carbonyl (C=O) groups excluding carboxylic acids is 3. The molecule has 3 atom stereocenters. The van der Waals surface area contributed by atoms with Gasteiger partial charge in [-0.25, -0.2) is 4.98 Å². The van der Waals surface area contributed by atoms with Crippen LogP contribution in [-0.2, 0) is 32.6 Å².